The van der Waals surface area contributed by atoms with Crippen LogP contribution in [0.5, 0.6) is 0 Å². The fourth-order valence-electron chi connectivity index (χ4n) is 3.10. The molecule has 0 bridgehead atoms. The smallest absolute Gasteiger partial charge is 0.224 e. The van der Waals surface area contributed by atoms with Crippen molar-refractivity contribution in [3.63, 3.8) is 0 Å². The van der Waals surface area contributed by atoms with Crippen molar-refractivity contribution >= 4 is 17.8 Å². The number of hydrogen-bond acceptors (Lipinski definition) is 6. The lowest BCUT2D eigenvalue weighted by atomic mass is 10.2. The Morgan fingerprint density at radius 1 is 1.23 bits per heavy atom. The summed E-state index contributed by atoms with van der Waals surface area (Å²) >= 11 is 0. The first-order valence-corrected chi connectivity index (χ1v) is 9.52. The van der Waals surface area contributed by atoms with E-state index in [2.05, 4.69) is 38.2 Å². The van der Waals surface area contributed by atoms with Crippen molar-refractivity contribution in [2.24, 2.45) is 0 Å². The maximum atomic E-state index is 5.29. The van der Waals surface area contributed by atoms with Crippen molar-refractivity contribution in [1.29, 1.82) is 0 Å². The van der Waals surface area contributed by atoms with Crippen molar-refractivity contribution in [2.75, 3.05) is 50.0 Å². The Kier molecular flexibility index (Phi) is 7.07. The van der Waals surface area contributed by atoms with Crippen LogP contribution in [0.4, 0.5) is 11.8 Å². The van der Waals surface area contributed by atoms with Crippen LogP contribution in [-0.4, -0.2) is 54.6 Å². The molecule has 140 valence electrons. The molecule has 0 atom stereocenters. The fourth-order valence-corrected chi connectivity index (χ4v) is 3.10. The molecule has 1 saturated heterocycles. The number of furan rings is 1. The largest absolute Gasteiger partial charge is 0.465 e. The van der Waals surface area contributed by atoms with Crippen LogP contribution >= 0.6 is 0 Å². The van der Waals surface area contributed by atoms with E-state index in [-0.39, 0.29) is 0 Å². The van der Waals surface area contributed by atoms with E-state index in [9.17, 15) is 0 Å². The summed E-state index contributed by atoms with van der Waals surface area (Å²) in [4.78, 5) is 13.7. The second kappa shape index (κ2) is 9.97. The average molecular weight is 355 g/mol. The Morgan fingerprint density at radius 2 is 2.08 bits per heavy atom. The molecule has 6 heteroatoms. The van der Waals surface area contributed by atoms with Crippen LogP contribution in [0.2, 0.25) is 0 Å². The Bertz CT molecular complexity index is 663. The van der Waals surface area contributed by atoms with Gasteiger partial charge in [-0.2, -0.15) is 4.98 Å². The molecule has 1 aliphatic heterocycles. The van der Waals surface area contributed by atoms with Crippen molar-refractivity contribution < 1.29 is 4.42 Å². The number of rotatable bonds is 8. The number of nitrogens with one attached hydrogen (secondary N) is 1. The molecule has 0 unspecified atom stereocenters. The van der Waals surface area contributed by atoms with E-state index in [1.54, 1.807) is 6.26 Å². The Balaban J connectivity index is 1.42. The molecule has 2 aromatic heterocycles. The lowest BCUT2D eigenvalue weighted by Crippen LogP contribution is -2.27. The molecule has 3 rings (SSSR count). The van der Waals surface area contributed by atoms with Gasteiger partial charge in [-0.05, 0) is 44.2 Å². The monoisotopic (exact) mass is 355 g/mol. The lowest BCUT2D eigenvalue weighted by Gasteiger charge is -2.21. The molecule has 1 N–H and O–H groups in total. The minimum Gasteiger partial charge on any atom is -0.465 e. The molecular formula is C20H29N5O. The van der Waals surface area contributed by atoms with E-state index < -0.39 is 0 Å². The van der Waals surface area contributed by atoms with Gasteiger partial charge < -0.3 is 19.5 Å². The molecule has 1 fully saturated rings. The highest BCUT2D eigenvalue weighted by Crippen LogP contribution is 2.17. The van der Waals surface area contributed by atoms with Crippen LogP contribution in [-0.2, 0) is 0 Å². The summed E-state index contributed by atoms with van der Waals surface area (Å²) in [5.41, 5.74) is 0. The van der Waals surface area contributed by atoms with Gasteiger partial charge >= 0.3 is 0 Å². The zero-order valence-electron chi connectivity index (χ0n) is 15.6. The highest BCUT2D eigenvalue weighted by Gasteiger charge is 2.11. The number of hydrogen-bond donors (Lipinski definition) is 1. The highest BCUT2D eigenvalue weighted by molar-refractivity contribution is 5.43. The molecule has 0 saturated carbocycles. The van der Waals surface area contributed by atoms with E-state index >= 15 is 0 Å². The summed E-state index contributed by atoms with van der Waals surface area (Å²) in [6, 6.07) is 5.86. The molecule has 3 heterocycles. The lowest BCUT2D eigenvalue weighted by molar-refractivity contribution is 0.385. The van der Waals surface area contributed by atoms with Crippen LogP contribution in [0.1, 0.15) is 31.4 Å². The third-order valence-corrected chi connectivity index (χ3v) is 4.59. The number of nitrogens with zero attached hydrogens (tertiary/aromatic N) is 4. The topological polar surface area (TPSA) is 57.4 Å². The summed E-state index contributed by atoms with van der Waals surface area (Å²) in [6.45, 7) is 4.80. The van der Waals surface area contributed by atoms with Gasteiger partial charge in [-0.25, -0.2) is 4.98 Å². The van der Waals surface area contributed by atoms with Gasteiger partial charge in [0.1, 0.15) is 11.6 Å². The molecule has 0 aliphatic carbocycles. The summed E-state index contributed by atoms with van der Waals surface area (Å²) in [6.07, 6.45) is 12.8. The van der Waals surface area contributed by atoms with Gasteiger partial charge in [0.2, 0.25) is 5.95 Å². The predicted molar refractivity (Wildman–Crippen MR) is 106 cm³/mol. The average Bonchev–Trinajstić information content (AvgIpc) is 3.02. The predicted octanol–water partition coefficient (Wildman–Crippen LogP) is 3.51. The molecular weight excluding hydrogens is 326 g/mol. The quantitative estimate of drug-likeness (QED) is 0.782. The second-order valence-electron chi connectivity index (χ2n) is 6.75. The third kappa shape index (κ3) is 5.88. The normalized spacial score (nSPS) is 15.5. The van der Waals surface area contributed by atoms with Gasteiger partial charge in [0, 0.05) is 38.9 Å². The van der Waals surface area contributed by atoms with Gasteiger partial charge in [-0.3, -0.25) is 0 Å². The van der Waals surface area contributed by atoms with E-state index in [0.717, 1.165) is 44.3 Å². The van der Waals surface area contributed by atoms with Gasteiger partial charge in [-0.15, -0.1) is 0 Å². The van der Waals surface area contributed by atoms with Crippen LogP contribution in [0.15, 0.2) is 41.2 Å². The minimum atomic E-state index is 0.714. The van der Waals surface area contributed by atoms with Crippen molar-refractivity contribution in [3.05, 3.63) is 42.5 Å². The van der Waals surface area contributed by atoms with Crippen LogP contribution < -0.4 is 10.2 Å². The SMILES string of the molecule is CN(C/C=C/c1ccco1)CCNc1nccc(N2CCCCCC2)n1. The first-order valence-electron chi connectivity index (χ1n) is 9.52. The number of likely N-dealkylation sites (N-methyl/N-ethyl adjacent to an activating group) is 1. The van der Waals surface area contributed by atoms with Crippen molar-refractivity contribution in [2.45, 2.75) is 25.7 Å². The van der Waals surface area contributed by atoms with Gasteiger partial charge in [0.25, 0.3) is 0 Å². The molecule has 1 aliphatic rings. The first-order chi connectivity index (χ1) is 12.8. The summed E-state index contributed by atoms with van der Waals surface area (Å²) in [5, 5.41) is 3.34. The Morgan fingerprint density at radius 3 is 2.85 bits per heavy atom. The standard InChI is InChI=1S/C20H29N5O/c1-24(13-6-8-18-9-7-17-26-18)16-12-22-20-21-11-10-19(23-20)25-14-4-2-3-5-15-25/h6-11,17H,2-5,12-16H2,1H3,(H,21,22,23)/b8-6+. The maximum absolute atomic E-state index is 5.29. The molecule has 2 aromatic rings. The third-order valence-electron chi connectivity index (χ3n) is 4.59. The van der Waals surface area contributed by atoms with E-state index in [0.29, 0.717) is 5.95 Å². The minimum absolute atomic E-state index is 0.714. The van der Waals surface area contributed by atoms with Gasteiger partial charge in [-0.1, -0.05) is 18.9 Å². The fraction of sp³-hybridized carbons (Fsp3) is 0.500. The van der Waals surface area contributed by atoms with E-state index in [1.807, 2.05) is 30.5 Å². The number of aromatic nitrogens is 2. The number of anilines is 2. The molecule has 26 heavy (non-hydrogen) atoms. The molecule has 6 nitrogen and oxygen atoms in total. The maximum Gasteiger partial charge on any atom is 0.224 e. The summed E-state index contributed by atoms with van der Waals surface area (Å²) in [7, 11) is 2.10. The van der Waals surface area contributed by atoms with E-state index in [1.165, 1.54) is 25.7 Å². The second-order valence-corrected chi connectivity index (χ2v) is 6.75. The van der Waals surface area contributed by atoms with Crippen LogP contribution in [0, 0.1) is 0 Å². The zero-order valence-corrected chi connectivity index (χ0v) is 15.6. The highest BCUT2D eigenvalue weighted by atomic mass is 16.3. The Labute approximate surface area is 155 Å². The van der Waals surface area contributed by atoms with Crippen LogP contribution in [0.25, 0.3) is 6.08 Å². The summed E-state index contributed by atoms with van der Waals surface area (Å²) in [5.74, 6) is 2.64. The van der Waals surface area contributed by atoms with Gasteiger partial charge in [0.15, 0.2) is 0 Å². The first kappa shape index (κ1) is 18.5. The van der Waals surface area contributed by atoms with Gasteiger partial charge in [0.05, 0.1) is 6.26 Å². The van der Waals surface area contributed by atoms with Crippen LogP contribution in [0.3, 0.4) is 0 Å². The molecule has 0 spiro atoms. The molecule has 0 aromatic carbocycles. The van der Waals surface area contributed by atoms with Crippen molar-refractivity contribution in [1.82, 2.24) is 14.9 Å². The van der Waals surface area contributed by atoms with Crippen molar-refractivity contribution in [3.8, 4) is 0 Å². The molecule has 0 amide bonds. The summed E-state index contributed by atoms with van der Waals surface area (Å²) < 4.78 is 5.29. The van der Waals surface area contributed by atoms with E-state index in [4.69, 9.17) is 4.42 Å². The Hall–Kier alpha value is -2.34. The molecule has 0 radical (unpaired) electrons. The zero-order chi connectivity index (χ0) is 18.0.